The van der Waals surface area contributed by atoms with Crippen LogP contribution in [0.2, 0.25) is 0 Å². The maximum Gasteiger partial charge on any atom is 0.178 e. The van der Waals surface area contributed by atoms with E-state index in [1.54, 1.807) is 0 Å². The molecule has 0 spiro atoms. The molecule has 1 N–H and O–H groups in total. The van der Waals surface area contributed by atoms with Gasteiger partial charge in [-0.25, -0.2) is 0 Å². The number of anilines is 2. The summed E-state index contributed by atoms with van der Waals surface area (Å²) in [5.74, 6) is 0. The van der Waals surface area contributed by atoms with Crippen LogP contribution < -0.4 is 10.2 Å². The predicted octanol–water partition coefficient (Wildman–Crippen LogP) is 6.38. The van der Waals surface area contributed by atoms with Crippen molar-refractivity contribution in [3.63, 3.8) is 0 Å². The molecule has 142 valence electrons. The van der Waals surface area contributed by atoms with Crippen molar-refractivity contribution in [1.29, 1.82) is 0 Å². The number of benzene rings is 3. The van der Waals surface area contributed by atoms with E-state index in [1.807, 2.05) is 30.3 Å². The van der Waals surface area contributed by atoms with Gasteiger partial charge in [0.1, 0.15) is 0 Å². The lowest BCUT2D eigenvalue weighted by Gasteiger charge is -2.52. The maximum atomic E-state index is 5.89. The summed E-state index contributed by atoms with van der Waals surface area (Å²) in [4.78, 5) is 2.29. The molecule has 3 aromatic rings. The lowest BCUT2D eigenvalue weighted by molar-refractivity contribution is 0.351. The number of para-hydroxylation sites is 2. The average molecular weight is 387 g/mol. The first-order valence-electron chi connectivity index (χ1n) is 9.73. The molecule has 3 aromatic carbocycles. The van der Waals surface area contributed by atoms with Gasteiger partial charge in [-0.05, 0) is 61.8 Å². The van der Waals surface area contributed by atoms with Gasteiger partial charge in [0.05, 0.1) is 0 Å². The van der Waals surface area contributed by atoms with E-state index in [2.05, 4.69) is 85.6 Å². The van der Waals surface area contributed by atoms with Crippen LogP contribution in [0.5, 0.6) is 0 Å². The molecular formula is C25H26N2S. The highest BCUT2D eigenvalue weighted by Crippen LogP contribution is 2.50. The molecular weight excluding hydrogens is 360 g/mol. The molecule has 0 amide bonds. The third-order valence-corrected chi connectivity index (χ3v) is 6.05. The van der Waals surface area contributed by atoms with Gasteiger partial charge >= 0.3 is 0 Å². The SMILES string of the molecule is CC1(C)C[C@](C)(c2ccccc2)c2ccccc2N1C(=S)Nc1ccccc1. The summed E-state index contributed by atoms with van der Waals surface area (Å²) in [7, 11) is 0. The highest BCUT2D eigenvalue weighted by atomic mass is 32.1. The van der Waals surface area contributed by atoms with Gasteiger partial charge in [-0.2, -0.15) is 0 Å². The van der Waals surface area contributed by atoms with Crippen LogP contribution in [0.15, 0.2) is 84.9 Å². The molecule has 3 heteroatoms. The first-order chi connectivity index (χ1) is 13.4. The topological polar surface area (TPSA) is 15.3 Å². The highest BCUT2D eigenvalue weighted by molar-refractivity contribution is 7.80. The van der Waals surface area contributed by atoms with E-state index in [0.717, 1.165) is 17.2 Å². The third-order valence-electron chi connectivity index (χ3n) is 5.77. The minimum atomic E-state index is -0.141. The van der Waals surface area contributed by atoms with Crippen LogP contribution in [0.25, 0.3) is 0 Å². The average Bonchev–Trinajstić information content (AvgIpc) is 2.69. The van der Waals surface area contributed by atoms with Crippen molar-refractivity contribution in [2.45, 2.75) is 38.1 Å². The van der Waals surface area contributed by atoms with Crippen molar-refractivity contribution in [1.82, 2.24) is 0 Å². The summed E-state index contributed by atoms with van der Waals surface area (Å²) in [6.45, 7) is 6.92. The van der Waals surface area contributed by atoms with Gasteiger partial charge in [-0.3, -0.25) is 0 Å². The van der Waals surface area contributed by atoms with Crippen LogP contribution >= 0.6 is 12.2 Å². The number of nitrogens with zero attached hydrogens (tertiary/aromatic N) is 1. The molecule has 4 rings (SSSR count). The number of hydrogen-bond acceptors (Lipinski definition) is 1. The Morgan fingerprint density at radius 2 is 1.39 bits per heavy atom. The molecule has 0 aliphatic carbocycles. The minimum Gasteiger partial charge on any atom is -0.332 e. The largest absolute Gasteiger partial charge is 0.332 e. The Bertz CT molecular complexity index is 982. The fraction of sp³-hybridized carbons (Fsp3) is 0.240. The van der Waals surface area contributed by atoms with E-state index in [0.29, 0.717) is 0 Å². The molecule has 2 nitrogen and oxygen atoms in total. The first-order valence-corrected chi connectivity index (χ1v) is 10.1. The lowest BCUT2D eigenvalue weighted by Crippen LogP contribution is -2.57. The smallest absolute Gasteiger partial charge is 0.178 e. The summed E-state index contributed by atoms with van der Waals surface area (Å²) in [6.07, 6.45) is 0.970. The number of fused-ring (bicyclic) bond motifs is 1. The Balaban J connectivity index is 1.80. The molecule has 0 saturated carbocycles. The van der Waals surface area contributed by atoms with Gasteiger partial charge < -0.3 is 10.2 Å². The van der Waals surface area contributed by atoms with Crippen molar-refractivity contribution in [3.05, 3.63) is 96.1 Å². The Morgan fingerprint density at radius 3 is 2.07 bits per heavy atom. The highest BCUT2D eigenvalue weighted by Gasteiger charge is 2.46. The van der Waals surface area contributed by atoms with Gasteiger partial charge in [0, 0.05) is 22.3 Å². The van der Waals surface area contributed by atoms with E-state index >= 15 is 0 Å². The molecule has 1 heterocycles. The van der Waals surface area contributed by atoms with E-state index in [1.165, 1.54) is 16.8 Å². The molecule has 0 fully saturated rings. The normalized spacial score (nSPS) is 20.3. The second kappa shape index (κ2) is 7.06. The number of thiocarbonyl (C=S) groups is 1. The molecule has 0 saturated heterocycles. The standard InChI is InChI=1S/C25H26N2S/c1-24(2)18-25(3,19-12-6-4-7-13-19)21-16-10-11-17-22(21)27(24)23(28)26-20-14-8-5-9-15-20/h4-17H,18H2,1-3H3,(H,26,28)/t25-/m1/s1. The van der Waals surface area contributed by atoms with Crippen molar-refractivity contribution < 1.29 is 0 Å². The molecule has 0 radical (unpaired) electrons. The summed E-state index contributed by atoms with van der Waals surface area (Å²) in [5, 5.41) is 4.17. The van der Waals surface area contributed by atoms with Crippen LogP contribution in [0.3, 0.4) is 0 Å². The van der Waals surface area contributed by atoms with E-state index in [4.69, 9.17) is 12.2 Å². The zero-order valence-electron chi connectivity index (χ0n) is 16.6. The molecule has 0 bridgehead atoms. The zero-order chi connectivity index (χ0) is 19.8. The van der Waals surface area contributed by atoms with E-state index < -0.39 is 0 Å². The molecule has 0 aromatic heterocycles. The van der Waals surface area contributed by atoms with Crippen LogP contribution in [-0.4, -0.2) is 10.7 Å². The fourth-order valence-electron chi connectivity index (χ4n) is 4.65. The molecule has 0 unspecified atom stereocenters. The molecule has 1 atom stereocenters. The number of hydrogen-bond donors (Lipinski definition) is 1. The van der Waals surface area contributed by atoms with E-state index in [-0.39, 0.29) is 11.0 Å². The summed E-state index contributed by atoms with van der Waals surface area (Å²) in [6, 6.07) is 29.6. The van der Waals surface area contributed by atoms with Gasteiger partial charge in [0.15, 0.2) is 5.11 Å². The predicted molar refractivity (Wildman–Crippen MR) is 123 cm³/mol. The van der Waals surface area contributed by atoms with Crippen LogP contribution in [0, 0.1) is 0 Å². The zero-order valence-corrected chi connectivity index (χ0v) is 17.5. The molecule has 1 aliphatic heterocycles. The Hall–Kier alpha value is -2.65. The van der Waals surface area contributed by atoms with Crippen molar-refractivity contribution in [2.75, 3.05) is 10.2 Å². The van der Waals surface area contributed by atoms with Crippen LogP contribution in [0.4, 0.5) is 11.4 Å². The Morgan fingerprint density at radius 1 is 0.821 bits per heavy atom. The monoisotopic (exact) mass is 386 g/mol. The van der Waals surface area contributed by atoms with Crippen LogP contribution in [-0.2, 0) is 5.41 Å². The van der Waals surface area contributed by atoms with Crippen molar-refractivity contribution in [3.8, 4) is 0 Å². The number of rotatable bonds is 2. The summed E-state index contributed by atoms with van der Waals surface area (Å²) < 4.78 is 0. The summed E-state index contributed by atoms with van der Waals surface area (Å²) in [5.41, 5.74) is 4.64. The fourth-order valence-corrected chi connectivity index (χ4v) is 5.11. The van der Waals surface area contributed by atoms with Gasteiger partial charge in [-0.1, -0.05) is 73.7 Å². The molecule has 28 heavy (non-hydrogen) atoms. The maximum absolute atomic E-state index is 5.89. The van der Waals surface area contributed by atoms with Crippen molar-refractivity contribution in [2.24, 2.45) is 0 Å². The van der Waals surface area contributed by atoms with Gasteiger partial charge in [-0.15, -0.1) is 0 Å². The lowest BCUT2D eigenvalue weighted by atomic mass is 9.65. The number of nitrogens with one attached hydrogen (secondary N) is 1. The molecule has 1 aliphatic rings. The third kappa shape index (κ3) is 3.20. The van der Waals surface area contributed by atoms with Crippen molar-refractivity contribution >= 4 is 28.7 Å². The van der Waals surface area contributed by atoms with Gasteiger partial charge in [0.25, 0.3) is 0 Å². The minimum absolute atomic E-state index is 0.0692. The first kappa shape index (κ1) is 18.7. The van der Waals surface area contributed by atoms with Gasteiger partial charge in [0.2, 0.25) is 0 Å². The quantitative estimate of drug-likeness (QED) is 0.515. The van der Waals surface area contributed by atoms with E-state index in [9.17, 15) is 0 Å². The Kier molecular flexibility index (Phi) is 4.72. The summed E-state index contributed by atoms with van der Waals surface area (Å²) >= 11 is 5.89. The second-order valence-corrected chi connectivity index (χ2v) is 8.72. The van der Waals surface area contributed by atoms with Crippen LogP contribution in [0.1, 0.15) is 38.3 Å². The second-order valence-electron chi connectivity index (χ2n) is 8.34. The Labute approximate surface area is 173 Å².